The molecule has 1 fully saturated rings. The average Bonchev–Trinajstić information content (AvgIpc) is 2.89. The zero-order valence-electron chi connectivity index (χ0n) is 15.0. The van der Waals surface area contributed by atoms with E-state index >= 15 is 0 Å². The first-order valence-electron chi connectivity index (χ1n) is 8.09. The number of aliphatic carboxylic acids is 2. The molecule has 4 atom stereocenters. The van der Waals surface area contributed by atoms with E-state index in [1.807, 2.05) is 0 Å². The van der Waals surface area contributed by atoms with Gasteiger partial charge < -0.3 is 26.4 Å². The molecule has 1 aliphatic heterocycles. The summed E-state index contributed by atoms with van der Waals surface area (Å²) in [6, 6.07) is 1.20. The molecule has 1 aromatic rings. The average molecular weight is 412 g/mol. The third-order valence-corrected chi connectivity index (χ3v) is 5.88. The van der Waals surface area contributed by atoms with Gasteiger partial charge in [0.25, 0.3) is 0 Å². The summed E-state index contributed by atoms with van der Waals surface area (Å²) < 4.78 is -1.04. The summed E-state index contributed by atoms with van der Waals surface area (Å²) in [5.41, 5.74) is 6.17. The van der Waals surface area contributed by atoms with Crippen LogP contribution in [0.1, 0.15) is 25.5 Å². The second-order valence-electron chi connectivity index (χ2n) is 6.71. The number of phenols is 1. The smallest absolute Gasteiger partial charge is 0.329 e. The number of carboxylic acid groups (broad SMARTS) is 2. The van der Waals surface area contributed by atoms with Crippen LogP contribution in [0, 0.1) is 4.91 Å². The fourth-order valence-corrected chi connectivity index (χ4v) is 4.50. The van der Waals surface area contributed by atoms with Crippen molar-refractivity contribution in [2.75, 3.05) is 0 Å². The summed E-state index contributed by atoms with van der Waals surface area (Å²) in [4.78, 5) is 47.0. The van der Waals surface area contributed by atoms with Gasteiger partial charge in [0.2, 0.25) is 5.91 Å². The zero-order valence-corrected chi connectivity index (χ0v) is 15.8. The lowest BCUT2D eigenvalue weighted by atomic mass is 10.0. The fraction of sp³-hybridized carbons (Fsp3) is 0.438. The van der Waals surface area contributed by atoms with E-state index < -0.39 is 46.1 Å². The Labute approximate surface area is 163 Å². The molecule has 1 aromatic carbocycles. The van der Waals surface area contributed by atoms with E-state index in [2.05, 4.69) is 10.6 Å². The molecule has 1 amide bonds. The zero-order chi connectivity index (χ0) is 21.2. The van der Waals surface area contributed by atoms with Gasteiger partial charge in [0.15, 0.2) is 12.1 Å². The van der Waals surface area contributed by atoms with Crippen LogP contribution in [0.15, 0.2) is 29.6 Å². The fourth-order valence-electron chi connectivity index (χ4n) is 2.95. The van der Waals surface area contributed by atoms with E-state index in [0.29, 0.717) is 10.6 Å². The number of benzene rings is 1. The summed E-state index contributed by atoms with van der Waals surface area (Å²) in [6.45, 7) is 3.08. The van der Waals surface area contributed by atoms with E-state index in [-0.39, 0.29) is 5.75 Å². The topological polar surface area (TPSA) is 183 Å². The summed E-state index contributed by atoms with van der Waals surface area (Å²) in [5, 5.41) is 32.6. The van der Waals surface area contributed by atoms with Gasteiger partial charge in [0, 0.05) is 4.75 Å². The molecule has 0 saturated carbocycles. The number of nitrogens with one attached hydrogen (secondary N) is 1. The quantitative estimate of drug-likeness (QED) is 0.389. The number of nitroso groups, excluding NO2 is 1. The van der Waals surface area contributed by atoms with Crippen LogP contribution in [0.5, 0.6) is 5.75 Å². The molecule has 1 heterocycles. The van der Waals surface area contributed by atoms with E-state index in [9.17, 15) is 34.6 Å². The number of phenolic OH excluding ortho intramolecular Hbond substituents is 1. The van der Waals surface area contributed by atoms with Gasteiger partial charge in [-0.1, -0.05) is 12.1 Å². The second-order valence-corrected chi connectivity index (χ2v) is 8.48. The first kappa shape index (κ1) is 21.4. The molecule has 1 saturated heterocycles. The van der Waals surface area contributed by atoms with Crippen LogP contribution in [-0.2, 0) is 14.4 Å². The van der Waals surface area contributed by atoms with Crippen LogP contribution in [0.3, 0.4) is 0 Å². The van der Waals surface area contributed by atoms with Gasteiger partial charge in [-0.3, -0.25) is 4.79 Å². The third-order valence-electron chi connectivity index (χ3n) is 4.32. The molecule has 2 rings (SSSR count). The van der Waals surface area contributed by atoms with Crippen molar-refractivity contribution in [3.8, 4) is 5.75 Å². The van der Waals surface area contributed by atoms with Crippen LogP contribution in [0.2, 0.25) is 0 Å². The Hall–Kier alpha value is -2.86. The summed E-state index contributed by atoms with van der Waals surface area (Å²) in [7, 11) is 0. The van der Waals surface area contributed by atoms with Crippen molar-refractivity contribution < 1.29 is 29.7 Å². The normalized spacial score (nSPS) is 22.9. The Morgan fingerprint density at radius 1 is 1.25 bits per heavy atom. The van der Waals surface area contributed by atoms with Crippen molar-refractivity contribution in [1.29, 1.82) is 0 Å². The minimum absolute atomic E-state index is 0.0308. The van der Waals surface area contributed by atoms with Crippen LogP contribution >= 0.6 is 11.8 Å². The molecule has 0 spiro atoms. The van der Waals surface area contributed by atoms with Gasteiger partial charge in [-0.25, -0.2) is 14.6 Å². The van der Waals surface area contributed by atoms with E-state index in [0.717, 1.165) is 11.8 Å². The summed E-state index contributed by atoms with van der Waals surface area (Å²) in [6.07, 6.45) is 0. The highest BCUT2D eigenvalue weighted by Gasteiger charge is 2.56. The molecule has 6 N–H and O–H groups in total. The van der Waals surface area contributed by atoms with Gasteiger partial charge >= 0.3 is 11.9 Å². The highest BCUT2D eigenvalue weighted by Crippen LogP contribution is 2.46. The number of rotatable bonds is 7. The first-order chi connectivity index (χ1) is 13.0. The van der Waals surface area contributed by atoms with Crippen LogP contribution in [0.25, 0.3) is 0 Å². The maximum absolute atomic E-state index is 12.5. The highest BCUT2D eigenvalue weighted by atomic mass is 32.2. The molecule has 2 unspecified atom stereocenters. The molecule has 28 heavy (non-hydrogen) atoms. The van der Waals surface area contributed by atoms with E-state index in [1.165, 1.54) is 38.1 Å². The van der Waals surface area contributed by atoms with Crippen LogP contribution in [-0.4, -0.2) is 60.4 Å². The van der Waals surface area contributed by atoms with Gasteiger partial charge in [-0.05, 0) is 31.5 Å². The lowest BCUT2D eigenvalue weighted by molar-refractivity contribution is -0.147. The molecule has 152 valence electrons. The maximum Gasteiger partial charge on any atom is 0.329 e. The molecule has 0 aromatic heterocycles. The minimum atomic E-state index is -1.64. The van der Waals surface area contributed by atoms with Crippen molar-refractivity contribution in [3.05, 3.63) is 34.7 Å². The van der Waals surface area contributed by atoms with Crippen LogP contribution < -0.4 is 11.1 Å². The van der Waals surface area contributed by atoms with Crippen LogP contribution in [0.4, 0.5) is 0 Å². The number of carboxylic acids is 2. The predicted molar refractivity (Wildman–Crippen MR) is 99.1 cm³/mol. The SMILES string of the molecule is CC1(C)SC(C(NC(=O)[C@H](N)c2ccc(O)cc2)C(=O)O)N(N=O)[C@H]1C(=O)O. The minimum Gasteiger partial charge on any atom is -0.508 e. The van der Waals surface area contributed by atoms with Crippen molar-refractivity contribution in [2.24, 2.45) is 11.0 Å². The highest BCUT2D eigenvalue weighted by molar-refractivity contribution is 8.01. The Morgan fingerprint density at radius 3 is 2.29 bits per heavy atom. The number of hydrogen-bond acceptors (Lipinski definition) is 8. The standard InChI is InChI=1S/C16H20N4O7S/c1-16(2)11(15(25)26)20(19-27)13(28-16)10(14(23)24)18-12(22)9(17)7-3-5-8(21)6-4-7/h3-6,9-11,13,21H,17H2,1-2H3,(H,18,22)(H,23,24)(H,25,26)/t9-,10?,11+,13?/m1/s1. The number of nitrogens with zero attached hydrogens (tertiary/aromatic N) is 2. The monoisotopic (exact) mass is 412 g/mol. The van der Waals surface area contributed by atoms with Crippen molar-refractivity contribution in [3.63, 3.8) is 0 Å². The van der Waals surface area contributed by atoms with Gasteiger partial charge in [-0.2, -0.15) is 0 Å². The number of nitrogens with two attached hydrogens (primary N) is 1. The summed E-state index contributed by atoms with van der Waals surface area (Å²) >= 11 is 0.907. The number of carbonyl (C=O) groups excluding carboxylic acids is 1. The Kier molecular flexibility index (Phi) is 6.14. The predicted octanol–water partition coefficient (Wildman–Crippen LogP) is 0.249. The Balaban J connectivity index is 2.26. The van der Waals surface area contributed by atoms with Gasteiger partial charge in [0.05, 0.1) is 5.29 Å². The van der Waals surface area contributed by atoms with Gasteiger partial charge in [-0.15, -0.1) is 16.7 Å². The Bertz CT molecular complexity index is 786. The number of aromatic hydroxyl groups is 1. The van der Waals surface area contributed by atoms with Crippen molar-refractivity contribution >= 4 is 29.6 Å². The molecular weight excluding hydrogens is 392 g/mol. The van der Waals surface area contributed by atoms with E-state index in [4.69, 9.17) is 5.73 Å². The Morgan fingerprint density at radius 2 is 1.82 bits per heavy atom. The van der Waals surface area contributed by atoms with Crippen molar-refractivity contribution in [1.82, 2.24) is 10.3 Å². The lowest BCUT2D eigenvalue weighted by Gasteiger charge is -2.27. The van der Waals surface area contributed by atoms with Gasteiger partial charge in [0.1, 0.15) is 17.2 Å². The lowest BCUT2D eigenvalue weighted by Crippen LogP contribution is -2.55. The number of carbonyl (C=O) groups is 3. The number of amides is 1. The maximum atomic E-state index is 12.5. The largest absolute Gasteiger partial charge is 0.508 e. The number of thioether (sulfide) groups is 1. The second kappa shape index (κ2) is 8.02. The van der Waals surface area contributed by atoms with E-state index in [1.54, 1.807) is 0 Å². The van der Waals surface area contributed by atoms with Crippen molar-refractivity contribution in [2.45, 2.75) is 42.1 Å². The molecule has 1 aliphatic rings. The molecule has 0 radical (unpaired) electrons. The third kappa shape index (κ3) is 4.17. The number of hydrogen-bond donors (Lipinski definition) is 5. The molecular formula is C16H20N4O7S. The first-order valence-corrected chi connectivity index (χ1v) is 8.97. The molecule has 11 nitrogen and oxygen atoms in total. The molecule has 0 bridgehead atoms. The molecule has 0 aliphatic carbocycles. The molecule has 12 heteroatoms. The summed E-state index contributed by atoms with van der Waals surface area (Å²) in [5.74, 6) is -3.69.